The van der Waals surface area contributed by atoms with Gasteiger partial charge in [-0.25, -0.2) is 21.9 Å². The number of furan rings is 1. The summed E-state index contributed by atoms with van der Waals surface area (Å²) in [5.41, 5.74) is 1.06. The number of esters is 1. The van der Waals surface area contributed by atoms with E-state index in [0.717, 1.165) is 31.2 Å². The highest BCUT2D eigenvalue weighted by Gasteiger charge is 2.31. The summed E-state index contributed by atoms with van der Waals surface area (Å²) in [6.45, 7) is 2.89. The highest BCUT2D eigenvalue weighted by molar-refractivity contribution is 7.93. The van der Waals surface area contributed by atoms with Crippen LogP contribution < -0.4 is 4.31 Å². The van der Waals surface area contributed by atoms with Gasteiger partial charge in [0.05, 0.1) is 17.2 Å². The molecule has 7 nitrogen and oxygen atoms in total. The molecule has 34 heavy (non-hydrogen) atoms. The van der Waals surface area contributed by atoms with Crippen molar-refractivity contribution >= 4 is 38.6 Å². The molecule has 4 aromatic rings. The van der Waals surface area contributed by atoms with E-state index >= 15 is 0 Å². The number of nitrogens with zero attached hydrogens (tertiary/aromatic N) is 1. The molecule has 1 aromatic heterocycles. The standard InChI is InChI=1S/C25H20FNO6S/c1-3-32-25(29)23-21-15-19(11-14-22(21)33-24(23)17-7-5-4-6-8-17)27(16(2)28)34(30,31)20-12-9-18(26)10-13-20/h4-15H,3H2,1-2H3. The Morgan fingerprint density at radius 3 is 2.29 bits per heavy atom. The van der Waals surface area contributed by atoms with E-state index in [2.05, 4.69) is 0 Å². The fourth-order valence-electron chi connectivity index (χ4n) is 3.61. The van der Waals surface area contributed by atoms with E-state index in [4.69, 9.17) is 9.15 Å². The summed E-state index contributed by atoms with van der Waals surface area (Å²) in [6.07, 6.45) is 0. The Balaban J connectivity index is 1.92. The van der Waals surface area contributed by atoms with Crippen LogP contribution in [-0.4, -0.2) is 26.9 Å². The minimum absolute atomic E-state index is 0.00437. The van der Waals surface area contributed by atoms with Crippen LogP contribution in [0.3, 0.4) is 0 Å². The van der Waals surface area contributed by atoms with Gasteiger partial charge in [0.25, 0.3) is 10.0 Å². The topological polar surface area (TPSA) is 93.9 Å². The number of anilines is 1. The molecule has 0 aliphatic rings. The Morgan fingerprint density at radius 1 is 1.00 bits per heavy atom. The van der Waals surface area contributed by atoms with E-state index in [1.165, 1.54) is 18.2 Å². The van der Waals surface area contributed by atoms with E-state index in [9.17, 15) is 22.4 Å². The average Bonchev–Trinajstić information content (AvgIpc) is 3.19. The largest absolute Gasteiger partial charge is 0.462 e. The van der Waals surface area contributed by atoms with Gasteiger partial charge in [0.15, 0.2) is 0 Å². The molecule has 0 radical (unpaired) electrons. The molecule has 0 atom stereocenters. The van der Waals surface area contributed by atoms with E-state index in [0.29, 0.717) is 15.5 Å². The number of hydrogen-bond acceptors (Lipinski definition) is 6. The number of fused-ring (bicyclic) bond motifs is 1. The van der Waals surface area contributed by atoms with Crippen LogP contribution in [-0.2, 0) is 19.6 Å². The van der Waals surface area contributed by atoms with Crippen molar-refractivity contribution in [3.63, 3.8) is 0 Å². The molecule has 0 fully saturated rings. The lowest BCUT2D eigenvalue weighted by Gasteiger charge is -2.21. The molecular weight excluding hydrogens is 461 g/mol. The number of halogens is 1. The van der Waals surface area contributed by atoms with E-state index in [1.807, 2.05) is 6.07 Å². The fourth-order valence-corrected chi connectivity index (χ4v) is 5.03. The van der Waals surface area contributed by atoms with Gasteiger partial charge in [0, 0.05) is 17.9 Å². The van der Waals surface area contributed by atoms with Crippen LogP contribution in [0.4, 0.5) is 10.1 Å². The van der Waals surface area contributed by atoms with Gasteiger partial charge in [-0.05, 0) is 49.4 Å². The maximum atomic E-state index is 13.3. The molecule has 0 bridgehead atoms. The minimum Gasteiger partial charge on any atom is -0.462 e. The minimum atomic E-state index is -4.36. The van der Waals surface area contributed by atoms with Gasteiger partial charge in [-0.2, -0.15) is 0 Å². The molecule has 0 unspecified atom stereocenters. The van der Waals surface area contributed by atoms with E-state index in [1.54, 1.807) is 31.2 Å². The van der Waals surface area contributed by atoms with Crippen LogP contribution in [0.1, 0.15) is 24.2 Å². The SMILES string of the molecule is CCOC(=O)c1c(-c2ccccc2)oc2ccc(N(C(C)=O)S(=O)(=O)c3ccc(F)cc3)cc12. The number of carbonyl (C=O) groups is 2. The maximum Gasteiger partial charge on any atom is 0.342 e. The Morgan fingerprint density at radius 2 is 1.68 bits per heavy atom. The first-order valence-electron chi connectivity index (χ1n) is 10.3. The number of benzene rings is 3. The van der Waals surface area contributed by atoms with Crippen LogP contribution in [0.5, 0.6) is 0 Å². The highest BCUT2D eigenvalue weighted by Crippen LogP contribution is 2.37. The monoisotopic (exact) mass is 481 g/mol. The Bertz CT molecular complexity index is 1480. The normalized spacial score (nSPS) is 11.4. The molecule has 0 saturated carbocycles. The number of amides is 1. The third kappa shape index (κ3) is 4.17. The molecule has 0 N–H and O–H groups in total. The average molecular weight is 482 g/mol. The van der Waals surface area contributed by atoms with Crippen molar-refractivity contribution in [2.75, 3.05) is 10.9 Å². The second-order valence-corrected chi connectivity index (χ2v) is 9.10. The number of carbonyl (C=O) groups excluding carboxylic acids is 2. The molecule has 9 heteroatoms. The van der Waals surface area contributed by atoms with Gasteiger partial charge in [-0.15, -0.1) is 0 Å². The predicted octanol–water partition coefficient (Wildman–Crippen LogP) is 5.16. The van der Waals surface area contributed by atoms with Crippen LogP contribution in [0.25, 0.3) is 22.3 Å². The number of sulfonamides is 1. The van der Waals surface area contributed by atoms with Gasteiger partial charge in [-0.3, -0.25) is 4.79 Å². The summed E-state index contributed by atoms with van der Waals surface area (Å²) in [7, 11) is -4.36. The second kappa shape index (κ2) is 9.11. The molecule has 1 heterocycles. The summed E-state index contributed by atoms with van der Waals surface area (Å²) in [5, 5.41) is 0.287. The zero-order valence-corrected chi connectivity index (χ0v) is 19.1. The van der Waals surface area contributed by atoms with Crippen LogP contribution >= 0.6 is 0 Å². The molecule has 0 aliphatic heterocycles. The second-order valence-electron chi connectivity index (χ2n) is 7.32. The molecule has 0 saturated heterocycles. The summed E-state index contributed by atoms with van der Waals surface area (Å²) in [5.74, 6) is -1.77. The lowest BCUT2D eigenvalue weighted by Crippen LogP contribution is -2.35. The number of ether oxygens (including phenoxy) is 1. The first kappa shape index (κ1) is 23.2. The van der Waals surface area contributed by atoms with Crippen molar-refractivity contribution in [2.45, 2.75) is 18.7 Å². The molecule has 0 aliphatic carbocycles. The Labute approximate surface area is 195 Å². The zero-order chi connectivity index (χ0) is 24.5. The van der Waals surface area contributed by atoms with Gasteiger partial charge < -0.3 is 9.15 Å². The van der Waals surface area contributed by atoms with Gasteiger partial charge in [-0.1, -0.05) is 30.3 Å². The predicted molar refractivity (Wildman–Crippen MR) is 124 cm³/mol. The molecule has 174 valence electrons. The molecule has 0 spiro atoms. The third-order valence-electron chi connectivity index (χ3n) is 5.06. The Hall–Kier alpha value is -3.98. The van der Waals surface area contributed by atoms with Crippen molar-refractivity contribution in [3.8, 4) is 11.3 Å². The number of rotatable bonds is 6. The van der Waals surface area contributed by atoms with Crippen molar-refractivity contribution in [1.29, 1.82) is 0 Å². The zero-order valence-electron chi connectivity index (χ0n) is 18.3. The van der Waals surface area contributed by atoms with Crippen LogP contribution in [0.15, 0.2) is 82.1 Å². The summed E-state index contributed by atoms with van der Waals surface area (Å²) in [6, 6.07) is 17.3. The molecule has 3 aromatic carbocycles. The smallest absolute Gasteiger partial charge is 0.342 e. The molecule has 1 amide bonds. The summed E-state index contributed by atoms with van der Waals surface area (Å²) < 4.78 is 51.6. The molecule has 4 rings (SSSR count). The fraction of sp³-hybridized carbons (Fsp3) is 0.120. The third-order valence-corrected chi connectivity index (χ3v) is 6.88. The first-order chi connectivity index (χ1) is 16.2. The summed E-state index contributed by atoms with van der Waals surface area (Å²) >= 11 is 0. The van der Waals surface area contributed by atoms with Crippen molar-refractivity contribution in [3.05, 3.63) is 84.2 Å². The van der Waals surface area contributed by atoms with Crippen LogP contribution in [0.2, 0.25) is 0 Å². The lowest BCUT2D eigenvalue weighted by molar-refractivity contribution is -0.115. The summed E-state index contributed by atoms with van der Waals surface area (Å²) in [4.78, 5) is 25.1. The van der Waals surface area contributed by atoms with Crippen molar-refractivity contribution < 1.29 is 31.6 Å². The molecular formula is C25H20FNO6S. The Kier molecular flexibility index (Phi) is 6.21. The number of hydrogen-bond donors (Lipinski definition) is 0. The maximum absolute atomic E-state index is 13.3. The van der Waals surface area contributed by atoms with Gasteiger partial charge in [0.2, 0.25) is 5.91 Å². The van der Waals surface area contributed by atoms with E-state index in [-0.39, 0.29) is 33.9 Å². The van der Waals surface area contributed by atoms with Crippen molar-refractivity contribution in [1.82, 2.24) is 0 Å². The quantitative estimate of drug-likeness (QED) is 0.353. The lowest BCUT2D eigenvalue weighted by atomic mass is 10.1. The first-order valence-corrected chi connectivity index (χ1v) is 11.8. The highest BCUT2D eigenvalue weighted by atomic mass is 32.2. The van der Waals surface area contributed by atoms with Gasteiger partial charge in [0.1, 0.15) is 22.7 Å². The van der Waals surface area contributed by atoms with Crippen LogP contribution in [0, 0.1) is 5.82 Å². The van der Waals surface area contributed by atoms with Gasteiger partial charge >= 0.3 is 5.97 Å². The van der Waals surface area contributed by atoms with Crippen molar-refractivity contribution in [2.24, 2.45) is 0 Å². The van der Waals surface area contributed by atoms with E-state index < -0.39 is 27.7 Å².